The second-order valence-electron chi connectivity index (χ2n) is 5.65. The molecule has 144 valence electrons. The molecule has 0 aliphatic heterocycles. The minimum atomic E-state index is -4.63. The molecule has 0 saturated carbocycles. The van der Waals surface area contributed by atoms with E-state index in [9.17, 15) is 18.0 Å². The first-order chi connectivity index (χ1) is 13.2. The van der Waals surface area contributed by atoms with Gasteiger partial charge in [0.05, 0.1) is 7.11 Å². The van der Waals surface area contributed by atoms with Crippen LogP contribution >= 0.6 is 0 Å². The van der Waals surface area contributed by atoms with Crippen molar-refractivity contribution >= 4 is 16.8 Å². The molecule has 0 fully saturated rings. The summed E-state index contributed by atoms with van der Waals surface area (Å²) in [4.78, 5) is 19.3. The maximum Gasteiger partial charge on any atom is 0.433 e. The fourth-order valence-electron chi connectivity index (χ4n) is 2.61. The van der Waals surface area contributed by atoms with E-state index in [2.05, 4.69) is 15.9 Å². The summed E-state index contributed by atoms with van der Waals surface area (Å²) in [7, 11) is 1.30. The number of hydrogen-bond donors (Lipinski definition) is 2. The lowest BCUT2D eigenvalue weighted by molar-refractivity contribution is -0.140. The first kappa shape index (κ1) is 19.2. The van der Waals surface area contributed by atoms with Crippen molar-refractivity contribution in [1.82, 2.24) is 9.97 Å². The smallest absolute Gasteiger partial charge is 0.433 e. The van der Waals surface area contributed by atoms with Crippen LogP contribution in [-0.4, -0.2) is 23.0 Å². The molecule has 28 heavy (non-hydrogen) atoms. The Bertz CT molecular complexity index is 1120. The third kappa shape index (κ3) is 3.23. The molecule has 3 rings (SSSR count). The van der Waals surface area contributed by atoms with Crippen LogP contribution in [0, 0.1) is 12.3 Å². The average molecular weight is 390 g/mol. The Kier molecular flexibility index (Phi) is 4.70. The van der Waals surface area contributed by atoms with Crippen molar-refractivity contribution in [3.05, 3.63) is 41.4 Å². The molecule has 7 nitrogen and oxygen atoms in total. The lowest BCUT2D eigenvalue weighted by Crippen LogP contribution is -2.17. The highest BCUT2D eigenvalue weighted by molar-refractivity contribution is 5.97. The lowest BCUT2D eigenvalue weighted by Gasteiger charge is -2.11. The molecule has 2 heterocycles. The second kappa shape index (κ2) is 6.86. The number of alkyl halides is 3. The summed E-state index contributed by atoms with van der Waals surface area (Å²) in [6, 6.07) is 3.84. The highest BCUT2D eigenvalue weighted by Gasteiger charge is 2.33. The second-order valence-corrected chi connectivity index (χ2v) is 5.65. The Morgan fingerprint density at radius 1 is 1.29 bits per heavy atom. The summed E-state index contributed by atoms with van der Waals surface area (Å²) in [5.74, 6) is 1.20. The largest absolute Gasteiger partial charge is 0.494 e. The summed E-state index contributed by atoms with van der Waals surface area (Å²) >= 11 is 0. The number of nitrogens with zero attached hydrogens (tertiary/aromatic N) is 2. The molecule has 10 heteroatoms. The lowest BCUT2D eigenvalue weighted by atomic mass is 10.1. The van der Waals surface area contributed by atoms with E-state index in [1.54, 1.807) is 0 Å². The van der Waals surface area contributed by atoms with Gasteiger partial charge in [0.2, 0.25) is 5.89 Å². The van der Waals surface area contributed by atoms with Crippen molar-refractivity contribution < 1.29 is 27.1 Å². The number of fused-ring (bicyclic) bond motifs is 1. The number of aromatic nitrogens is 2. The van der Waals surface area contributed by atoms with Gasteiger partial charge in [0, 0.05) is 10.9 Å². The number of hydrogen-bond acceptors (Lipinski definition) is 6. The minimum absolute atomic E-state index is 0.0588. The summed E-state index contributed by atoms with van der Waals surface area (Å²) < 4.78 is 49.7. The number of amides is 1. The van der Waals surface area contributed by atoms with Crippen molar-refractivity contribution in [2.45, 2.75) is 12.2 Å². The molecule has 1 amide bonds. The van der Waals surface area contributed by atoms with E-state index >= 15 is 0 Å². The van der Waals surface area contributed by atoms with Gasteiger partial charge in [-0.15, -0.1) is 6.42 Å². The summed E-state index contributed by atoms with van der Waals surface area (Å²) in [6.07, 6.45) is 0.624. The van der Waals surface area contributed by atoms with Crippen LogP contribution in [0.4, 0.5) is 13.2 Å². The number of rotatable bonds is 4. The fourth-order valence-corrected chi connectivity index (χ4v) is 2.61. The number of halogens is 3. The van der Waals surface area contributed by atoms with Crippen LogP contribution in [0.5, 0.6) is 5.75 Å². The van der Waals surface area contributed by atoms with E-state index in [1.807, 2.05) is 0 Å². The van der Waals surface area contributed by atoms with Crippen molar-refractivity contribution in [2.75, 3.05) is 7.11 Å². The Balaban J connectivity index is 2.28. The highest BCUT2D eigenvalue weighted by Crippen LogP contribution is 2.37. The maximum atomic E-state index is 13.0. The summed E-state index contributed by atoms with van der Waals surface area (Å²) in [5, 5.41) is 0.255. The van der Waals surface area contributed by atoms with E-state index in [1.165, 1.54) is 25.3 Å². The van der Waals surface area contributed by atoms with E-state index in [4.69, 9.17) is 27.0 Å². The summed E-state index contributed by atoms with van der Waals surface area (Å²) in [6.45, 7) is 0. The Morgan fingerprint density at radius 3 is 2.57 bits per heavy atom. The molecule has 2 aromatic heterocycles. The van der Waals surface area contributed by atoms with Crippen LogP contribution < -0.4 is 16.2 Å². The van der Waals surface area contributed by atoms with Gasteiger partial charge in [0.15, 0.2) is 11.5 Å². The third-order valence-corrected chi connectivity index (χ3v) is 3.91. The van der Waals surface area contributed by atoms with Crippen molar-refractivity contribution in [3.63, 3.8) is 0 Å². The monoisotopic (exact) mass is 390 g/mol. The van der Waals surface area contributed by atoms with Crippen molar-refractivity contribution in [2.24, 2.45) is 11.5 Å². The molecular formula is C18H13F3N4O3. The number of pyridine rings is 1. The third-order valence-electron chi connectivity index (χ3n) is 3.91. The van der Waals surface area contributed by atoms with Crippen LogP contribution in [0.3, 0.4) is 0 Å². The predicted octanol–water partition coefficient (Wildman–Crippen LogP) is 2.65. The zero-order chi connectivity index (χ0) is 20.6. The molecule has 4 N–H and O–H groups in total. The van der Waals surface area contributed by atoms with Gasteiger partial charge in [-0.2, -0.15) is 13.2 Å². The molecule has 0 aliphatic rings. The molecule has 1 aromatic carbocycles. The maximum absolute atomic E-state index is 13.0. The molecular weight excluding hydrogens is 377 g/mol. The van der Waals surface area contributed by atoms with Gasteiger partial charge in [-0.25, -0.2) is 9.97 Å². The molecule has 0 bridgehead atoms. The molecule has 1 atom stereocenters. The number of methoxy groups -OCH3 is 1. The Morgan fingerprint density at radius 2 is 2.00 bits per heavy atom. The Labute approximate surface area is 156 Å². The minimum Gasteiger partial charge on any atom is -0.494 e. The fraction of sp³-hybridized carbons (Fsp3) is 0.167. The van der Waals surface area contributed by atoms with Gasteiger partial charge in [-0.1, -0.05) is 5.92 Å². The quantitative estimate of drug-likeness (QED) is 0.662. The van der Waals surface area contributed by atoms with E-state index in [0.717, 1.165) is 6.07 Å². The van der Waals surface area contributed by atoms with E-state index < -0.39 is 23.8 Å². The first-order valence-corrected chi connectivity index (χ1v) is 7.75. The van der Waals surface area contributed by atoms with Crippen LogP contribution in [0.2, 0.25) is 0 Å². The number of benzene rings is 1. The predicted molar refractivity (Wildman–Crippen MR) is 93.1 cm³/mol. The number of primary amides is 1. The summed E-state index contributed by atoms with van der Waals surface area (Å²) in [5.41, 5.74) is 9.85. The zero-order valence-electron chi connectivity index (χ0n) is 14.4. The van der Waals surface area contributed by atoms with Gasteiger partial charge in [0.1, 0.15) is 23.0 Å². The van der Waals surface area contributed by atoms with Crippen molar-refractivity contribution in [1.29, 1.82) is 0 Å². The normalized spacial score (nSPS) is 12.6. The molecule has 0 unspecified atom stereocenters. The number of ether oxygens (including phenoxy) is 1. The van der Waals surface area contributed by atoms with Crippen LogP contribution in [0.1, 0.15) is 28.0 Å². The Hall–Kier alpha value is -3.58. The number of carbonyl (C=O) groups excluding carboxylic acids is 1. The number of terminal acetylenes is 1. The van der Waals surface area contributed by atoms with Crippen LogP contribution in [0.25, 0.3) is 22.4 Å². The average Bonchev–Trinajstić information content (AvgIpc) is 3.10. The molecule has 0 aliphatic carbocycles. The molecule has 0 spiro atoms. The number of nitrogens with two attached hydrogens (primary N) is 2. The van der Waals surface area contributed by atoms with Crippen LogP contribution in [0.15, 0.2) is 28.7 Å². The standard InChI is InChI=1S/C18H13F3N4O3/c1-3-10(22)15-14(16(23)26)25-17(28-15)9-4-6-11(27-2)13-8(9)5-7-12(24-13)18(19,20)21/h1,4-7,10H,22H2,2H3,(H2,23,26)/t10-/m0/s1. The zero-order valence-corrected chi connectivity index (χ0v) is 14.4. The highest BCUT2D eigenvalue weighted by atomic mass is 19.4. The number of oxazole rings is 1. The topological polar surface area (TPSA) is 117 Å². The molecule has 0 saturated heterocycles. The molecule has 3 aromatic rings. The SMILES string of the molecule is C#C[C@H](N)c1oc(-c2ccc(OC)c3nc(C(F)(F)F)ccc23)nc1C(N)=O. The van der Waals surface area contributed by atoms with Gasteiger partial charge in [-0.05, 0) is 24.3 Å². The first-order valence-electron chi connectivity index (χ1n) is 7.75. The van der Waals surface area contributed by atoms with Gasteiger partial charge in [-0.3, -0.25) is 4.79 Å². The molecule has 0 radical (unpaired) electrons. The van der Waals surface area contributed by atoms with Gasteiger partial charge < -0.3 is 20.6 Å². The van der Waals surface area contributed by atoms with Crippen LogP contribution in [-0.2, 0) is 6.18 Å². The van der Waals surface area contributed by atoms with Gasteiger partial charge >= 0.3 is 6.18 Å². The van der Waals surface area contributed by atoms with E-state index in [0.29, 0.717) is 0 Å². The van der Waals surface area contributed by atoms with E-state index in [-0.39, 0.29) is 39.6 Å². The van der Waals surface area contributed by atoms with Gasteiger partial charge in [0.25, 0.3) is 5.91 Å². The van der Waals surface area contributed by atoms with Crippen molar-refractivity contribution in [3.8, 4) is 29.5 Å². The number of carbonyl (C=O) groups is 1.